The van der Waals surface area contributed by atoms with E-state index in [1.807, 2.05) is 54.1 Å². The van der Waals surface area contributed by atoms with Gasteiger partial charge in [0.25, 0.3) is 0 Å². The van der Waals surface area contributed by atoms with Crippen molar-refractivity contribution in [2.24, 2.45) is 4.99 Å². The van der Waals surface area contributed by atoms with Crippen LogP contribution in [0.2, 0.25) is 0 Å². The Morgan fingerprint density at radius 3 is 2.56 bits per heavy atom. The first-order valence-corrected chi connectivity index (χ1v) is 8.70. The molecule has 1 aromatic heterocycles. The third-order valence-corrected chi connectivity index (χ3v) is 4.21. The van der Waals surface area contributed by atoms with Crippen LogP contribution >= 0.6 is 0 Å². The molecule has 7 heteroatoms. The average Bonchev–Trinajstić information content (AvgIpc) is 3.18. The summed E-state index contributed by atoms with van der Waals surface area (Å²) >= 11 is 0. The van der Waals surface area contributed by atoms with Gasteiger partial charge in [0.1, 0.15) is 12.1 Å². The molecule has 0 aliphatic carbocycles. The maximum Gasteiger partial charge on any atom is 0.194 e. The maximum absolute atomic E-state index is 5.21. The summed E-state index contributed by atoms with van der Waals surface area (Å²) in [5, 5.41) is 11.6. The number of rotatable bonds is 6. The molecule has 1 N–H and O–H groups in total. The van der Waals surface area contributed by atoms with E-state index in [0.717, 1.165) is 29.8 Å². The summed E-state index contributed by atoms with van der Waals surface area (Å²) in [6, 6.07) is 18.0. The van der Waals surface area contributed by atoms with Gasteiger partial charge in [-0.15, -0.1) is 10.2 Å². The van der Waals surface area contributed by atoms with Gasteiger partial charge in [-0.1, -0.05) is 30.3 Å². The Morgan fingerprint density at radius 2 is 1.89 bits per heavy atom. The average molecular weight is 364 g/mol. The van der Waals surface area contributed by atoms with E-state index >= 15 is 0 Å². The molecule has 0 saturated heterocycles. The second-order valence-electron chi connectivity index (χ2n) is 6.06. The lowest BCUT2D eigenvalue weighted by Crippen LogP contribution is -2.38. The number of para-hydroxylation sites is 1. The van der Waals surface area contributed by atoms with Crippen LogP contribution in [0, 0.1) is 0 Å². The van der Waals surface area contributed by atoms with Crippen LogP contribution in [0.15, 0.2) is 65.9 Å². The Kier molecular flexibility index (Phi) is 6.04. The quantitative estimate of drug-likeness (QED) is 0.538. The van der Waals surface area contributed by atoms with E-state index in [4.69, 9.17) is 4.74 Å². The van der Waals surface area contributed by atoms with Crippen molar-refractivity contribution < 1.29 is 4.74 Å². The number of ether oxygens (including phenoxy) is 1. The number of guanidine groups is 1. The Hall–Kier alpha value is -3.35. The van der Waals surface area contributed by atoms with Gasteiger partial charge in [-0.05, 0) is 29.8 Å². The number of benzene rings is 2. The summed E-state index contributed by atoms with van der Waals surface area (Å²) in [6.07, 6.45) is 1.72. The summed E-state index contributed by atoms with van der Waals surface area (Å²) in [6.45, 7) is 1.25. The van der Waals surface area contributed by atoms with E-state index in [2.05, 4.69) is 37.5 Å². The summed E-state index contributed by atoms with van der Waals surface area (Å²) in [5.41, 5.74) is 2.20. The fourth-order valence-corrected chi connectivity index (χ4v) is 2.81. The minimum atomic E-state index is 0.522. The Labute approximate surface area is 159 Å². The van der Waals surface area contributed by atoms with Crippen molar-refractivity contribution in [2.45, 2.75) is 13.1 Å². The fourth-order valence-electron chi connectivity index (χ4n) is 2.81. The fraction of sp³-hybridized carbons (Fsp3) is 0.250. The summed E-state index contributed by atoms with van der Waals surface area (Å²) in [5.74, 6) is 2.46. The van der Waals surface area contributed by atoms with Crippen LogP contribution in [-0.2, 0) is 13.1 Å². The smallest absolute Gasteiger partial charge is 0.194 e. The minimum Gasteiger partial charge on any atom is -0.497 e. The zero-order chi connectivity index (χ0) is 19.1. The predicted molar refractivity (Wildman–Crippen MR) is 106 cm³/mol. The molecule has 0 radical (unpaired) electrons. The SMILES string of the molecule is CN=C(NCc1nncn1-c1ccccc1)N(C)Cc1ccc(OC)cc1. The molecule has 3 rings (SSSR count). The van der Waals surface area contributed by atoms with Gasteiger partial charge in [-0.3, -0.25) is 9.56 Å². The molecule has 0 saturated carbocycles. The van der Waals surface area contributed by atoms with Crippen molar-refractivity contribution in [3.63, 3.8) is 0 Å². The standard InChI is InChI=1S/C20H24N6O/c1-21-20(25(2)14-16-9-11-18(27-3)12-10-16)22-13-19-24-23-15-26(19)17-7-5-4-6-8-17/h4-12,15H,13-14H2,1-3H3,(H,21,22). The van der Waals surface area contributed by atoms with Gasteiger partial charge in [0.15, 0.2) is 11.8 Å². The third-order valence-electron chi connectivity index (χ3n) is 4.21. The number of hydrogen-bond acceptors (Lipinski definition) is 4. The number of methoxy groups -OCH3 is 1. The number of hydrogen-bond donors (Lipinski definition) is 1. The molecule has 0 amide bonds. The number of nitrogens with zero attached hydrogens (tertiary/aromatic N) is 5. The van der Waals surface area contributed by atoms with Crippen LogP contribution < -0.4 is 10.1 Å². The van der Waals surface area contributed by atoms with E-state index < -0.39 is 0 Å². The molecule has 0 aliphatic rings. The summed E-state index contributed by atoms with van der Waals surface area (Å²) in [4.78, 5) is 6.43. The first kappa shape index (κ1) is 18.4. The lowest BCUT2D eigenvalue weighted by atomic mass is 10.2. The zero-order valence-corrected chi connectivity index (χ0v) is 15.8. The first-order valence-electron chi connectivity index (χ1n) is 8.70. The van der Waals surface area contributed by atoms with Crippen LogP contribution in [0.5, 0.6) is 5.75 Å². The van der Waals surface area contributed by atoms with E-state index in [9.17, 15) is 0 Å². The third kappa shape index (κ3) is 4.63. The molecule has 0 bridgehead atoms. The predicted octanol–water partition coefficient (Wildman–Crippen LogP) is 2.48. The van der Waals surface area contributed by atoms with Crippen LogP contribution in [0.1, 0.15) is 11.4 Å². The van der Waals surface area contributed by atoms with Crippen molar-refractivity contribution in [2.75, 3.05) is 21.2 Å². The van der Waals surface area contributed by atoms with Gasteiger partial charge in [0, 0.05) is 26.3 Å². The van der Waals surface area contributed by atoms with Gasteiger partial charge >= 0.3 is 0 Å². The molecule has 3 aromatic rings. The highest BCUT2D eigenvalue weighted by molar-refractivity contribution is 5.79. The van der Waals surface area contributed by atoms with E-state index in [1.165, 1.54) is 5.56 Å². The van der Waals surface area contributed by atoms with Gasteiger partial charge in [0.2, 0.25) is 0 Å². The molecule has 0 spiro atoms. The molecule has 0 fully saturated rings. The van der Waals surface area contributed by atoms with Crippen molar-refractivity contribution in [3.8, 4) is 11.4 Å². The largest absolute Gasteiger partial charge is 0.497 e. The molecule has 2 aromatic carbocycles. The molecule has 0 unspecified atom stereocenters. The van der Waals surface area contributed by atoms with Crippen molar-refractivity contribution >= 4 is 5.96 Å². The topological polar surface area (TPSA) is 67.6 Å². The summed E-state index contributed by atoms with van der Waals surface area (Å²) < 4.78 is 7.17. The van der Waals surface area contributed by atoms with Gasteiger partial charge in [0.05, 0.1) is 13.7 Å². The molecule has 7 nitrogen and oxygen atoms in total. The second-order valence-corrected chi connectivity index (χ2v) is 6.06. The molecular weight excluding hydrogens is 340 g/mol. The molecule has 27 heavy (non-hydrogen) atoms. The zero-order valence-electron chi connectivity index (χ0n) is 15.8. The molecule has 0 atom stereocenters. The highest BCUT2D eigenvalue weighted by Gasteiger charge is 2.10. The van der Waals surface area contributed by atoms with E-state index in [0.29, 0.717) is 6.54 Å². The highest BCUT2D eigenvalue weighted by atomic mass is 16.5. The van der Waals surface area contributed by atoms with E-state index in [-0.39, 0.29) is 0 Å². The lowest BCUT2D eigenvalue weighted by molar-refractivity contribution is 0.414. The first-order chi connectivity index (χ1) is 13.2. The van der Waals surface area contributed by atoms with Crippen molar-refractivity contribution in [1.29, 1.82) is 0 Å². The minimum absolute atomic E-state index is 0.522. The van der Waals surface area contributed by atoms with Gasteiger partial charge < -0.3 is 15.0 Å². The molecular formula is C20H24N6O. The lowest BCUT2D eigenvalue weighted by Gasteiger charge is -2.22. The Bertz CT molecular complexity index is 873. The van der Waals surface area contributed by atoms with Crippen molar-refractivity contribution in [1.82, 2.24) is 25.0 Å². The van der Waals surface area contributed by atoms with Crippen LogP contribution in [0.25, 0.3) is 5.69 Å². The highest BCUT2D eigenvalue weighted by Crippen LogP contribution is 2.13. The van der Waals surface area contributed by atoms with E-state index in [1.54, 1.807) is 20.5 Å². The molecule has 140 valence electrons. The van der Waals surface area contributed by atoms with Gasteiger partial charge in [-0.2, -0.15) is 0 Å². The van der Waals surface area contributed by atoms with Gasteiger partial charge in [-0.25, -0.2) is 0 Å². The second kappa shape index (κ2) is 8.84. The number of nitrogens with one attached hydrogen (secondary N) is 1. The Morgan fingerprint density at radius 1 is 1.15 bits per heavy atom. The molecule has 1 heterocycles. The normalized spacial score (nSPS) is 11.3. The maximum atomic E-state index is 5.21. The number of aliphatic imine (C=N–C) groups is 1. The molecule has 0 aliphatic heterocycles. The van der Waals surface area contributed by atoms with Crippen LogP contribution in [-0.4, -0.2) is 46.8 Å². The van der Waals surface area contributed by atoms with Crippen LogP contribution in [0.3, 0.4) is 0 Å². The Balaban J connectivity index is 1.63. The monoisotopic (exact) mass is 364 g/mol. The van der Waals surface area contributed by atoms with Crippen molar-refractivity contribution in [3.05, 3.63) is 72.3 Å². The summed E-state index contributed by atoms with van der Waals surface area (Å²) in [7, 11) is 5.44. The number of aromatic nitrogens is 3. The van der Waals surface area contributed by atoms with Crippen LogP contribution in [0.4, 0.5) is 0 Å².